The van der Waals surface area contributed by atoms with Crippen LogP contribution in [0.25, 0.3) is 0 Å². The number of rotatable bonds is 4. The maximum atomic E-state index is 10.8. The predicted octanol–water partition coefficient (Wildman–Crippen LogP) is 2.68. The van der Waals surface area contributed by atoms with E-state index in [0.29, 0.717) is 16.7 Å². The summed E-state index contributed by atoms with van der Waals surface area (Å²) >= 11 is 1.45. The number of aromatic carboxylic acids is 1. The molecule has 6 heteroatoms. The Labute approximate surface area is 108 Å². The van der Waals surface area contributed by atoms with Crippen molar-refractivity contribution in [3.8, 4) is 0 Å². The van der Waals surface area contributed by atoms with Crippen LogP contribution in [-0.2, 0) is 5.75 Å². The summed E-state index contributed by atoms with van der Waals surface area (Å²) in [5.41, 5.74) is 1.75. The zero-order valence-corrected chi connectivity index (χ0v) is 10.8. The SMILES string of the molecule is Cc1ccnc(SCc2cc(C(=O)O)oc2C)n1. The van der Waals surface area contributed by atoms with Crippen LogP contribution in [-0.4, -0.2) is 21.0 Å². The van der Waals surface area contributed by atoms with E-state index in [9.17, 15) is 4.79 Å². The first-order chi connectivity index (χ1) is 8.56. The highest BCUT2D eigenvalue weighted by molar-refractivity contribution is 7.98. The van der Waals surface area contributed by atoms with Crippen molar-refractivity contribution in [2.45, 2.75) is 24.8 Å². The minimum Gasteiger partial charge on any atom is -0.475 e. The molecule has 0 fully saturated rings. The Morgan fingerprint density at radius 3 is 2.89 bits per heavy atom. The molecule has 0 atom stereocenters. The molecule has 0 aliphatic heterocycles. The number of aromatic nitrogens is 2. The van der Waals surface area contributed by atoms with Gasteiger partial charge in [0.25, 0.3) is 0 Å². The minimum atomic E-state index is -1.05. The summed E-state index contributed by atoms with van der Waals surface area (Å²) in [6.45, 7) is 3.65. The second-order valence-corrected chi connectivity index (χ2v) is 4.71. The van der Waals surface area contributed by atoms with E-state index in [2.05, 4.69) is 9.97 Å². The fourth-order valence-corrected chi connectivity index (χ4v) is 2.32. The smallest absolute Gasteiger partial charge is 0.371 e. The van der Waals surface area contributed by atoms with E-state index in [1.165, 1.54) is 11.8 Å². The second-order valence-electron chi connectivity index (χ2n) is 3.77. The Balaban J connectivity index is 2.08. The van der Waals surface area contributed by atoms with Crippen LogP contribution in [0.4, 0.5) is 0 Å². The van der Waals surface area contributed by atoms with E-state index in [1.807, 2.05) is 13.0 Å². The largest absolute Gasteiger partial charge is 0.475 e. The third-order valence-corrected chi connectivity index (χ3v) is 3.27. The van der Waals surface area contributed by atoms with Gasteiger partial charge in [-0.25, -0.2) is 14.8 Å². The van der Waals surface area contributed by atoms with Gasteiger partial charge < -0.3 is 9.52 Å². The Hall–Kier alpha value is -1.82. The Bertz CT molecular complexity index is 580. The summed E-state index contributed by atoms with van der Waals surface area (Å²) in [5.74, 6) is 0.119. The Morgan fingerprint density at radius 2 is 2.28 bits per heavy atom. The van der Waals surface area contributed by atoms with Crippen LogP contribution in [0.3, 0.4) is 0 Å². The van der Waals surface area contributed by atoms with Gasteiger partial charge >= 0.3 is 5.97 Å². The molecule has 0 saturated carbocycles. The minimum absolute atomic E-state index is 0.0340. The van der Waals surface area contributed by atoms with Crippen LogP contribution in [0.2, 0.25) is 0 Å². The lowest BCUT2D eigenvalue weighted by Gasteiger charge is -1.99. The zero-order chi connectivity index (χ0) is 13.1. The van der Waals surface area contributed by atoms with Crippen molar-refractivity contribution in [3.63, 3.8) is 0 Å². The van der Waals surface area contributed by atoms with Gasteiger partial charge in [-0.05, 0) is 26.0 Å². The molecule has 0 aliphatic rings. The highest BCUT2D eigenvalue weighted by Gasteiger charge is 2.13. The zero-order valence-electron chi connectivity index (χ0n) is 10.0. The van der Waals surface area contributed by atoms with Gasteiger partial charge in [-0.15, -0.1) is 0 Å². The standard InChI is InChI=1S/C12H12N2O3S/c1-7-3-4-13-12(14-7)18-6-9-5-10(11(15)16)17-8(9)2/h3-5H,6H2,1-2H3,(H,15,16). The second kappa shape index (κ2) is 5.22. The molecule has 0 aliphatic carbocycles. The van der Waals surface area contributed by atoms with E-state index in [0.717, 1.165) is 11.3 Å². The average Bonchev–Trinajstić information content (AvgIpc) is 2.68. The van der Waals surface area contributed by atoms with Crippen LogP contribution in [0.1, 0.15) is 27.6 Å². The summed E-state index contributed by atoms with van der Waals surface area (Å²) in [6.07, 6.45) is 1.70. The number of hydrogen-bond donors (Lipinski definition) is 1. The van der Waals surface area contributed by atoms with Crippen molar-refractivity contribution in [1.82, 2.24) is 9.97 Å². The number of aryl methyl sites for hydroxylation is 2. The summed E-state index contributed by atoms with van der Waals surface area (Å²) in [5, 5.41) is 9.49. The quantitative estimate of drug-likeness (QED) is 0.675. The molecule has 0 bridgehead atoms. The molecular weight excluding hydrogens is 252 g/mol. The lowest BCUT2D eigenvalue weighted by atomic mass is 10.3. The summed E-state index contributed by atoms with van der Waals surface area (Å²) in [6, 6.07) is 3.37. The van der Waals surface area contributed by atoms with E-state index >= 15 is 0 Å². The first-order valence-corrected chi connectivity index (χ1v) is 6.30. The molecule has 18 heavy (non-hydrogen) atoms. The molecule has 2 heterocycles. The van der Waals surface area contributed by atoms with Gasteiger partial charge in [0, 0.05) is 23.2 Å². The molecule has 0 saturated heterocycles. The van der Waals surface area contributed by atoms with Gasteiger partial charge in [-0.1, -0.05) is 11.8 Å². The normalized spacial score (nSPS) is 10.6. The monoisotopic (exact) mass is 264 g/mol. The number of thioether (sulfide) groups is 1. The fraction of sp³-hybridized carbons (Fsp3) is 0.250. The van der Waals surface area contributed by atoms with Crippen LogP contribution < -0.4 is 0 Å². The van der Waals surface area contributed by atoms with E-state index in [1.54, 1.807) is 19.2 Å². The van der Waals surface area contributed by atoms with Gasteiger partial charge in [-0.2, -0.15) is 0 Å². The van der Waals surface area contributed by atoms with Gasteiger partial charge in [0.1, 0.15) is 5.76 Å². The molecule has 0 spiro atoms. The van der Waals surface area contributed by atoms with E-state index < -0.39 is 5.97 Å². The topological polar surface area (TPSA) is 76.2 Å². The first-order valence-electron chi connectivity index (χ1n) is 5.31. The van der Waals surface area contributed by atoms with Gasteiger partial charge in [0.15, 0.2) is 5.16 Å². The van der Waals surface area contributed by atoms with Crippen LogP contribution in [0.5, 0.6) is 0 Å². The van der Waals surface area contributed by atoms with Crippen LogP contribution in [0.15, 0.2) is 27.9 Å². The summed E-state index contributed by atoms with van der Waals surface area (Å²) in [7, 11) is 0. The summed E-state index contributed by atoms with van der Waals surface area (Å²) in [4.78, 5) is 19.2. The number of furan rings is 1. The van der Waals surface area contributed by atoms with Crippen molar-refractivity contribution in [1.29, 1.82) is 0 Å². The van der Waals surface area contributed by atoms with Crippen molar-refractivity contribution >= 4 is 17.7 Å². The average molecular weight is 264 g/mol. The molecule has 5 nitrogen and oxygen atoms in total. The number of carbonyl (C=O) groups is 1. The first kappa shape index (κ1) is 12.6. The van der Waals surface area contributed by atoms with Gasteiger partial charge in [0.05, 0.1) is 0 Å². The third-order valence-electron chi connectivity index (χ3n) is 2.36. The highest BCUT2D eigenvalue weighted by Crippen LogP contribution is 2.23. The van der Waals surface area contributed by atoms with Crippen LogP contribution >= 0.6 is 11.8 Å². The Kier molecular flexibility index (Phi) is 3.66. The van der Waals surface area contributed by atoms with E-state index in [-0.39, 0.29) is 5.76 Å². The number of nitrogens with zero attached hydrogens (tertiary/aromatic N) is 2. The molecular formula is C12H12N2O3S. The van der Waals surface area contributed by atoms with Gasteiger partial charge in [-0.3, -0.25) is 0 Å². The molecule has 0 radical (unpaired) electrons. The summed E-state index contributed by atoms with van der Waals surface area (Å²) < 4.78 is 5.13. The highest BCUT2D eigenvalue weighted by atomic mass is 32.2. The molecule has 0 aromatic carbocycles. The molecule has 2 aromatic rings. The lowest BCUT2D eigenvalue weighted by molar-refractivity contribution is 0.0661. The number of carboxylic acids is 1. The maximum absolute atomic E-state index is 10.8. The number of hydrogen-bond acceptors (Lipinski definition) is 5. The van der Waals surface area contributed by atoms with Crippen molar-refractivity contribution in [3.05, 3.63) is 41.1 Å². The van der Waals surface area contributed by atoms with Crippen LogP contribution in [0, 0.1) is 13.8 Å². The molecule has 2 aromatic heterocycles. The molecule has 0 unspecified atom stereocenters. The lowest BCUT2D eigenvalue weighted by Crippen LogP contribution is -1.92. The van der Waals surface area contributed by atoms with Crippen molar-refractivity contribution in [2.24, 2.45) is 0 Å². The van der Waals surface area contributed by atoms with Gasteiger partial charge in [0.2, 0.25) is 5.76 Å². The van der Waals surface area contributed by atoms with E-state index in [4.69, 9.17) is 9.52 Å². The van der Waals surface area contributed by atoms with Crippen molar-refractivity contribution in [2.75, 3.05) is 0 Å². The Morgan fingerprint density at radius 1 is 1.50 bits per heavy atom. The predicted molar refractivity (Wildman–Crippen MR) is 66.7 cm³/mol. The molecule has 94 valence electrons. The molecule has 0 amide bonds. The third kappa shape index (κ3) is 2.89. The fourth-order valence-electron chi connectivity index (χ4n) is 1.41. The maximum Gasteiger partial charge on any atom is 0.371 e. The van der Waals surface area contributed by atoms with Crippen molar-refractivity contribution < 1.29 is 14.3 Å². The molecule has 2 rings (SSSR count). The molecule has 1 N–H and O–H groups in total. The number of carboxylic acid groups (broad SMARTS) is 1.